The van der Waals surface area contributed by atoms with E-state index in [0.29, 0.717) is 11.3 Å². The summed E-state index contributed by atoms with van der Waals surface area (Å²) in [4.78, 5) is 12.2. The maximum absolute atomic E-state index is 12.2. The molecular formula is C16H12N2O2S. The van der Waals surface area contributed by atoms with Crippen molar-refractivity contribution in [3.05, 3.63) is 70.2 Å². The minimum Gasteiger partial charge on any atom is -0.508 e. The number of thiophene rings is 1. The van der Waals surface area contributed by atoms with Gasteiger partial charge in [-0.3, -0.25) is 4.79 Å². The Hall–Kier alpha value is -2.66. The van der Waals surface area contributed by atoms with Crippen LogP contribution < -0.4 is 0 Å². The smallest absolute Gasteiger partial charge is 0.278 e. The van der Waals surface area contributed by atoms with Crippen molar-refractivity contribution in [2.45, 2.75) is 0 Å². The van der Waals surface area contributed by atoms with Crippen LogP contribution in [0, 0.1) is 0 Å². The molecule has 0 saturated carbocycles. The summed E-state index contributed by atoms with van der Waals surface area (Å²) in [5.74, 6) is -0.216. The van der Waals surface area contributed by atoms with Crippen LogP contribution in [-0.4, -0.2) is 20.8 Å². The largest absolute Gasteiger partial charge is 0.508 e. The van der Waals surface area contributed by atoms with Crippen molar-refractivity contribution in [1.82, 2.24) is 9.78 Å². The van der Waals surface area contributed by atoms with Crippen molar-refractivity contribution in [2.75, 3.05) is 0 Å². The Balaban J connectivity index is 1.80. The molecule has 0 spiro atoms. The fourth-order valence-corrected chi connectivity index (χ4v) is 2.49. The van der Waals surface area contributed by atoms with Gasteiger partial charge in [0.2, 0.25) is 0 Å². The van der Waals surface area contributed by atoms with E-state index in [-0.39, 0.29) is 11.7 Å². The van der Waals surface area contributed by atoms with Crippen molar-refractivity contribution >= 4 is 29.4 Å². The summed E-state index contributed by atoms with van der Waals surface area (Å²) in [7, 11) is 0. The molecule has 21 heavy (non-hydrogen) atoms. The van der Waals surface area contributed by atoms with Crippen LogP contribution in [0.25, 0.3) is 12.2 Å². The molecule has 3 aromatic rings. The number of hydrogen-bond acceptors (Lipinski definition) is 4. The van der Waals surface area contributed by atoms with E-state index >= 15 is 0 Å². The Kier molecular flexibility index (Phi) is 3.66. The fraction of sp³-hybridized carbons (Fsp3) is 0. The number of phenolic OH excluding ortho intramolecular Hbond substituents is 1. The molecule has 1 aromatic carbocycles. The van der Waals surface area contributed by atoms with Gasteiger partial charge in [-0.05, 0) is 52.7 Å². The third-order valence-electron chi connectivity index (χ3n) is 2.90. The van der Waals surface area contributed by atoms with Crippen molar-refractivity contribution in [1.29, 1.82) is 0 Å². The van der Waals surface area contributed by atoms with E-state index in [1.165, 1.54) is 16.8 Å². The summed E-state index contributed by atoms with van der Waals surface area (Å²) < 4.78 is 1.27. The molecule has 0 atom stereocenters. The van der Waals surface area contributed by atoms with Crippen molar-refractivity contribution in [3.63, 3.8) is 0 Å². The monoisotopic (exact) mass is 296 g/mol. The lowest BCUT2D eigenvalue weighted by Crippen LogP contribution is -2.12. The van der Waals surface area contributed by atoms with Gasteiger partial charge in [0.05, 0.1) is 5.69 Å². The van der Waals surface area contributed by atoms with Crippen LogP contribution in [-0.2, 0) is 0 Å². The zero-order chi connectivity index (χ0) is 14.7. The Morgan fingerprint density at radius 3 is 2.90 bits per heavy atom. The molecule has 0 aliphatic carbocycles. The van der Waals surface area contributed by atoms with Gasteiger partial charge in [-0.1, -0.05) is 12.1 Å². The number of aromatic nitrogens is 2. The molecule has 0 aliphatic rings. The van der Waals surface area contributed by atoms with E-state index in [4.69, 9.17) is 0 Å². The molecule has 0 amide bonds. The lowest BCUT2D eigenvalue weighted by molar-refractivity contribution is 0.0944. The van der Waals surface area contributed by atoms with Gasteiger partial charge in [-0.2, -0.15) is 16.4 Å². The van der Waals surface area contributed by atoms with E-state index in [1.807, 2.05) is 29.0 Å². The van der Waals surface area contributed by atoms with E-state index in [2.05, 4.69) is 5.10 Å². The van der Waals surface area contributed by atoms with Crippen LogP contribution in [0.5, 0.6) is 5.75 Å². The second kappa shape index (κ2) is 5.76. The van der Waals surface area contributed by atoms with E-state index in [0.717, 1.165) is 5.56 Å². The number of carbonyl (C=O) groups is 1. The molecule has 5 heteroatoms. The standard InChI is InChI=1S/C16H12N2O2S/c19-15-3-1-2-13(10-15)16(20)18-8-6-14(17-18)5-4-12-7-9-21-11-12/h1-11,19H. The molecule has 0 fully saturated rings. The summed E-state index contributed by atoms with van der Waals surface area (Å²) in [6.07, 6.45) is 5.41. The number of phenols is 1. The topological polar surface area (TPSA) is 55.1 Å². The molecule has 0 unspecified atom stereocenters. The van der Waals surface area contributed by atoms with Crippen LogP contribution >= 0.6 is 11.3 Å². The molecule has 0 aliphatic heterocycles. The predicted octanol–water partition coefficient (Wildman–Crippen LogP) is 3.51. The number of carbonyl (C=O) groups excluding carboxylic acids is 1. The first-order chi connectivity index (χ1) is 10.2. The Bertz CT molecular complexity index is 788. The molecule has 2 aromatic heterocycles. The van der Waals surface area contributed by atoms with Gasteiger partial charge in [0, 0.05) is 11.8 Å². The molecule has 4 nitrogen and oxygen atoms in total. The van der Waals surface area contributed by atoms with Crippen molar-refractivity contribution in [3.8, 4) is 5.75 Å². The van der Waals surface area contributed by atoms with Gasteiger partial charge in [0.25, 0.3) is 5.91 Å². The SMILES string of the molecule is O=C(c1cccc(O)c1)n1ccc(C=Cc2ccsc2)n1. The predicted molar refractivity (Wildman–Crippen MR) is 83.3 cm³/mol. The first-order valence-electron chi connectivity index (χ1n) is 6.32. The summed E-state index contributed by atoms with van der Waals surface area (Å²) in [5, 5.41) is 17.7. The summed E-state index contributed by atoms with van der Waals surface area (Å²) in [6.45, 7) is 0. The molecule has 1 N–H and O–H groups in total. The quantitative estimate of drug-likeness (QED) is 0.804. The number of aromatic hydroxyl groups is 1. The average molecular weight is 296 g/mol. The number of rotatable bonds is 3. The second-order valence-electron chi connectivity index (χ2n) is 4.43. The molecule has 0 bridgehead atoms. The second-order valence-corrected chi connectivity index (χ2v) is 5.21. The normalized spacial score (nSPS) is 11.0. The van der Waals surface area contributed by atoms with Crippen LogP contribution in [0.1, 0.15) is 21.6 Å². The molecule has 2 heterocycles. The average Bonchev–Trinajstić information content (AvgIpc) is 3.16. The number of benzene rings is 1. The molecular weight excluding hydrogens is 284 g/mol. The van der Waals surface area contributed by atoms with E-state index in [9.17, 15) is 9.90 Å². The third-order valence-corrected chi connectivity index (χ3v) is 3.60. The first-order valence-corrected chi connectivity index (χ1v) is 7.26. The van der Waals surface area contributed by atoms with Gasteiger partial charge in [0.15, 0.2) is 0 Å². The van der Waals surface area contributed by atoms with E-state index in [1.54, 1.807) is 35.7 Å². The number of hydrogen-bond donors (Lipinski definition) is 1. The summed E-state index contributed by atoms with van der Waals surface area (Å²) >= 11 is 1.63. The first kappa shape index (κ1) is 13.3. The maximum Gasteiger partial charge on any atom is 0.278 e. The lowest BCUT2D eigenvalue weighted by atomic mass is 10.2. The van der Waals surface area contributed by atoms with Gasteiger partial charge in [0.1, 0.15) is 5.75 Å². The summed E-state index contributed by atoms with van der Waals surface area (Å²) in [6, 6.07) is 9.99. The zero-order valence-corrected chi connectivity index (χ0v) is 11.8. The van der Waals surface area contributed by atoms with Crippen LogP contribution in [0.3, 0.4) is 0 Å². The highest BCUT2D eigenvalue weighted by atomic mass is 32.1. The molecule has 0 radical (unpaired) electrons. The minimum atomic E-state index is -0.277. The van der Waals surface area contributed by atoms with Crippen LogP contribution in [0.2, 0.25) is 0 Å². The van der Waals surface area contributed by atoms with Gasteiger partial charge < -0.3 is 5.11 Å². The van der Waals surface area contributed by atoms with Crippen LogP contribution in [0.15, 0.2) is 53.4 Å². The summed E-state index contributed by atoms with van der Waals surface area (Å²) in [5.41, 5.74) is 2.20. The lowest BCUT2D eigenvalue weighted by Gasteiger charge is -2.00. The molecule has 0 saturated heterocycles. The Labute approximate surface area is 125 Å². The maximum atomic E-state index is 12.2. The van der Waals surface area contributed by atoms with Gasteiger partial charge >= 0.3 is 0 Å². The molecule has 3 rings (SSSR count). The number of nitrogens with zero attached hydrogens (tertiary/aromatic N) is 2. The van der Waals surface area contributed by atoms with Gasteiger partial charge in [-0.25, -0.2) is 4.68 Å². The third kappa shape index (κ3) is 3.09. The highest BCUT2D eigenvalue weighted by Gasteiger charge is 2.09. The Morgan fingerprint density at radius 2 is 2.14 bits per heavy atom. The highest BCUT2D eigenvalue weighted by Crippen LogP contribution is 2.13. The minimum absolute atomic E-state index is 0.0607. The van der Waals surface area contributed by atoms with Crippen LogP contribution in [0.4, 0.5) is 0 Å². The fourth-order valence-electron chi connectivity index (χ4n) is 1.86. The van der Waals surface area contributed by atoms with Gasteiger partial charge in [-0.15, -0.1) is 0 Å². The van der Waals surface area contributed by atoms with E-state index < -0.39 is 0 Å². The van der Waals surface area contributed by atoms with Crippen molar-refractivity contribution < 1.29 is 9.90 Å². The zero-order valence-electron chi connectivity index (χ0n) is 11.0. The molecule has 104 valence electrons. The Morgan fingerprint density at radius 1 is 1.24 bits per heavy atom. The highest BCUT2D eigenvalue weighted by molar-refractivity contribution is 7.08. The van der Waals surface area contributed by atoms with Crippen molar-refractivity contribution in [2.24, 2.45) is 0 Å².